The molecule has 4 aliphatic carbocycles. The van der Waals surface area contributed by atoms with Gasteiger partial charge in [0.2, 0.25) is 5.91 Å². The minimum atomic E-state index is -4.47. The van der Waals surface area contributed by atoms with Crippen molar-refractivity contribution in [3.63, 3.8) is 0 Å². The Hall–Kier alpha value is -1.83. The van der Waals surface area contributed by atoms with Crippen LogP contribution in [-0.4, -0.2) is 52.2 Å². The Balaban J connectivity index is 1.27. The van der Waals surface area contributed by atoms with Gasteiger partial charge in [-0.3, -0.25) is 4.79 Å². The van der Waals surface area contributed by atoms with E-state index in [1.165, 1.54) is 12.3 Å². The number of pyridine rings is 1. The molecule has 1 amide bonds. The molecule has 3 atom stereocenters. The number of alkyl halides is 3. The van der Waals surface area contributed by atoms with E-state index < -0.39 is 17.2 Å². The molecule has 5 nitrogen and oxygen atoms in total. The van der Waals surface area contributed by atoms with Crippen molar-refractivity contribution in [1.29, 1.82) is 0 Å². The number of aliphatic hydroxyl groups excluding tert-OH is 1. The topological polar surface area (TPSA) is 56.7 Å². The van der Waals surface area contributed by atoms with Gasteiger partial charge in [-0.25, -0.2) is 4.98 Å². The number of aromatic nitrogens is 1. The third-order valence-electron chi connectivity index (χ3n) is 9.24. The second-order valence-electron chi connectivity index (χ2n) is 11.1. The molecular weight excluding hydrogens is 419 g/mol. The van der Waals surface area contributed by atoms with E-state index in [1.54, 1.807) is 4.90 Å². The molecule has 6 aliphatic rings. The van der Waals surface area contributed by atoms with Crippen molar-refractivity contribution in [3.8, 4) is 0 Å². The van der Waals surface area contributed by atoms with Crippen LogP contribution in [0.25, 0.3) is 0 Å². The first kappa shape index (κ1) is 20.8. The van der Waals surface area contributed by atoms with Gasteiger partial charge in [0.25, 0.3) is 0 Å². The van der Waals surface area contributed by atoms with E-state index >= 15 is 0 Å². The van der Waals surface area contributed by atoms with Crippen molar-refractivity contribution in [2.45, 2.75) is 69.2 Å². The quantitative estimate of drug-likeness (QED) is 0.745. The van der Waals surface area contributed by atoms with Crippen LogP contribution in [0.1, 0.15) is 56.9 Å². The molecule has 6 fully saturated rings. The van der Waals surface area contributed by atoms with Gasteiger partial charge in [-0.1, -0.05) is 0 Å². The zero-order valence-electron chi connectivity index (χ0n) is 18.2. The zero-order chi connectivity index (χ0) is 22.3. The maximum absolute atomic E-state index is 13.9. The van der Waals surface area contributed by atoms with Gasteiger partial charge in [-0.05, 0) is 81.3 Å². The minimum Gasteiger partial charge on any atom is -0.393 e. The van der Waals surface area contributed by atoms with Crippen molar-refractivity contribution >= 4 is 11.7 Å². The Morgan fingerprint density at radius 3 is 2.56 bits per heavy atom. The molecule has 2 saturated heterocycles. The Morgan fingerprint density at radius 1 is 1.09 bits per heavy atom. The van der Waals surface area contributed by atoms with Crippen LogP contribution in [0.5, 0.6) is 0 Å². The fourth-order valence-corrected chi connectivity index (χ4v) is 8.12. The van der Waals surface area contributed by atoms with Gasteiger partial charge >= 0.3 is 6.18 Å². The average molecular weight is 450 g/mol. The highest BCUT2D eigenvalue weighted by Crippen LogP contribution is 2.59. The van der Waals surface area contributed by atoms with Gasteiger partial charge in [-0.2, -0.15) is 13.2 Å². The number of hydrogen-bond acceptors (Lipinski definition) is 4. The van der Waals surface area contributed by atoms with Crippen LogP contribution in [0.3, 0.4) is 0 Å². The van der Waals surface area contributed by atoms with Crippen LogP contribution in [0.15, 0.2) is 18.3 Å². The smallest absolute Gasteiger partial charge is 0.393 e. The number of aliphatic hydroxyl groups is 1. The summed E-state index contributed by atoms with van der Waals surface area (Å²) in [6, 6.07) is 2.39. The van der Waals surface area contributed by atoms with Crippen LogP contribution in [0, 0.1) is 23.2 Å². The van der Waals surface area contributed by atoms with E-state index in [9.17, 15) is 23.1 Å². The molecular formula is C24H30F3N3O2. The van der Waals surface area contributed by atoms with E-state index in [4.69, 9.17) is 0 Å². The number of anilines is 1. The number of carbonyl (C=O) groups is 1. The van der Waals surface area contributed by atoms with Gasteiger partial charge < -0.3 is 14.9 Å². The van der Waals surface area contributed by atoms with E-state index in [0.717, 1.165) is 44.6 Å². The molecule has 1 aromatic heterocycles. The lowest BCUT2D eigenvalue weighted by Gasteiger charge is -2.61. The number of likely N-dealkylation sites (tertiary alicyclic amines) is 1. The van der Waals surface area contributed by atoms with Crippen molar-refractivity contribution in [1.82, 2.24) is 9.88 Å². The summed E-state index contributed by atoms with van der Waals surface area (Å²) in [5, 5.41) is 10.6. The Kier molecular flexibility index (Phi) is 4.44. The number of piperidine rings is 1. The first-order chi connectivity index (χ1) is 15.2. The lowest BCUT2D eigenvalue weighted by Crippen LogP contribution is -2.65. The maximum atomic E-state index is 13.9. The molecule has 3 heterocycles. The van der Waals surface area contributed by atoms with Crippen LogP contribution in [0.4, 0.5) is 19.0 Å². The molecule has 2 aliphatic heterocycles. The Labute approximate surface area is 186 Å². The number of rotatable bonds is 2. The lowest BCUT2D eigenvalue weighted by molar-refractivity contribution is -0.167. The number of amides is 1. The fraction of sp³-hybridized carbons (Fsp3) is 0.750. The summed E-state index contributed by atoms with van der Waals surface area (Å²) in [6.07, 6.45) is 3.72. The van der Waals surface area contributed by atoms with Gasteiger partial charge in [0.05, 0.1) is 17.1 Å². The molecule has 4 bridgehead atoms. The predicted octanol–water partition coefficient (Wildman–Crippen LogP) is 3.86. The maximum Gasteiger partial charge on any atom is 0.419 e. The van der Waals surface area contributed by atoms with Gasteiger partial charge in [-0.15, -0.1) is 0 Å². The fourth-order valence-electron chi connectivity index (χ4n) is 8.12. The van der Waals surface area contributed by atoms with E-state index in [1.807, 2.05) is 0 Å². The van der Waals surface area contributed by atoms with Crippen LogP contribution in [0.2, 0.25) is 0 Å². The monoisotopic (exact) mass is 449 g/mol. The van der Waals surface area contributed by atoms with Crippen molar-refractivity contribution in [3.05, 3.63) is 23.9 Å². The highest BCUT2D eigenvalue weighted by atomic mass is 19.4. The third kappa shape index (κ3) is 2.94. The zero-order valence-corrected chi connectivity index (χ0v) is 18.2. The molecule has 3 unspecified atom stereocenters. The van der Waals surface area contributed by atoms with Crippen molar-refractivity contribution in [2.24, 2.45) is 23.2 Å². The summed E-state index contributed by atoms with van der Waals surface area (Å²) in [7, 11) is 0. The molecule has 32 heavy (non-hydrogen) atoms. The molecule has 0 aromatic carbocycles. The summed E-state index contributed by atoms with van der Waals surface area (Å²) in [4.78, 5) is 21.8. The molecule has 174 valence electrons. The van der Waals surface area contributed by atoms with Crippen LogP contribution >= 0.6 is 0 Å². The summed E-state index contributed by atoms with van der Waals surface area (Å²) >= 11 is 0. The van der Waals surface area contributed by atoms with Crippen LogP contribution in [-0.2, 0) is 11.0 Å². The Morgan fingerprint density at radius 2 is 1.84 bits per heavy atom. The highest BCUT2D eigenvalue weighted by Gasteiger charge is 2.62. The highest BCUT2D eigenvalue weighted by molar-refractivity contribution is 5.86. The van der Waals surface area contributed by atoms with E-state index in [0.29, 0.717) is 38.4 Å². The molecule has 8 heteroatoms. The van der Waals surface area contributed by atoms with Crippen molar-refractivity contribution in [2.75, 3.05) is 24.5 Å². The predicted molar refractivity (Wildman–Crippen MR) is 112 cm³/mol. The lowest BCUT2D eigenvalue weighted by atomic mass is 9.51. The van der Waals surface area contributed by atoms with Gasteiger partial charge in [0.1, 0.15) is 5.82 Å². The van der Waals surface area contributed by atoms with Crippen molar-refractivity contribution < 1.29 is 23.1 Å². The molecule has 4 saturated carbocycles. The number of carbonyl (C=O) groups excluding carboxylic acids is 1. The third-order valence-corrected chi connectivity index (χ3v) is 9.24. The molecule has 0 radical (unpaired) electrons. The second kappa shape index (κ2) is 6.84. The molecule has 1 spiro atoms. The summed E-state index contributed by atoms with van der Waals surface area (Å²) in [5.41, 5.74) is -1.50. The number of halogens is 3. The standard InChI is InChI=1S/C24H30F3N3O2/c25-24(26,27)18-3-1-6-28-20(18)29-7-2-4-22(14-29)5-8-30(21(22)32)23-11-15-9-16(12-23)19(31)17(10-15)13-23/h1,3,6,15-17,19,31H,2,4-5,7-14H2. The second-order valence-corrected chi connectivity index (χ2v) is 11.1. The summed E-state index contributed by atoms with van der Waals surface area (Å²) in [6.45, 7) is 1.47. The van der Waals surface area contributed by atoms with Gasteiger partial charge in [0, 0.05) is 31.4 Å². The molecule has 7 rings (SSSR count). The SMILES string of the molecule is O=C1N(C23CC4CC(C2)C(O)C(C4)C3)CCC12CCCN(c1ncccc1C(F)(F)F)C2. The normalized spacial score (nSPS) is 41.2. The average Bonchev–Trinajstić information content (AvgIpc) is 3.07. The van der Waals surface area contributed by atoms with E-state index in [2.05, 4.69) is 9.88 Å². The summed E-state index contributed by atoms with van der Waals surface area (Å²) in [5.74, 6) is 1.24. The Bertz CT molecular complexity index is 921. The largest absolute Gasteiger partial charge is 0.419 e. The molecule has 1 aromatic rings. The first-order valence-corrected chi connectivity index (χ1v) is 12.0. The van der Waals surface area contributed by atoms with E-state index in [-0.39, 0.29) is 35.2 Å². The first-order valence-electron chi connectivity index (χ1n) is 12.0. The number of nitrogens with zero attached hydrogens (tertiary/aromatic N) is 3. The van der Waals surface area contributed by atoms with Crippen LogP contribution < -0.4 is 4.90 Å². The minimum absolute atomic E-state index is 0.0525. The summed E-state index contributed by atoms with van der Waals surface area (Å²) < 4.78 is 40.8. The van der Waals surface area contributed by atoms with Gasteiger partial charge in [0.15, 0.2) is 0 Å². The molecule has 1 N–H and O–H groups in total. The number of hydrogen-bond donors (Lipinski definition) is 1.